The number of rotatable bonds is 8. The smallest absolute Gasteiger partial charge is 0.221 e. The molecule has 0 rings (SSSR count). The third-order valence-electron chi connectivity index (χ3n) is 2.13. The van der Waals surface area contributed by atoms with E-state index in [0.29, 0.717) is 6.42 Å². The van der Waals surface area contributed by atoms with Crippen LogP contribution in [0, 0.1) is 0 Å². The number of hydrogen-bond donors (Lipinski definition) is 0. The Morgan fingerprint density at radius 1 is 1.21 bits per heavy atom. The molecule has 0 spiro atoms. The fourth-order valence-corrected chi connectivity index (χ4v) is 2.89. The first-order chi connectivity index (χ1) is 6.63. The van der Waals surface area contributed by atoms with Crippen LogP contribution >= 0.6 is 11.6 Å². The summed E-state index contributed by atoms with van der Waals surface area (Å²) in [5, 5.41) is -0.191. The van der Waals surface area contributed by atoms with Gasteiger partial charge in [-0.2, -0.15) is 0 Å². The summed E-state index contributed by atoms with van der Waals surface area (Å²) in [6.07, 6.45) is 5.25. The molecule has 0 saturated heterocycles. The number of carbonyl (C=O) groups excluding carboxylic acids is 1. The van der Waals surface area contributed by atoms with Crippen molar-refractivity contribution in [1.82, 2.24) is 0 Å². The molecular formula is C11H21ClOSi. The zero-order valence-corrected chi connectivity index (χ0v) is 11.5. The average molecular weight is 233 g/mol. The molecule has 0 radical (unpaired) electrons. The molecule has 0 aromatic heterocycles. The van der Waals surface area contributed by atoms with Crippen molar-refractivity contribution in [3.8, 4) is 0 Å². The molecular weight excluding hydrogens is 212 g/mol. The Morgan fingerprint density at radius 3 is 2.43 bits per heavy atom. The van der Waals surface area contributed by atoms with E-state index >= 15 is 0 Å². The standard InChI is InChI=1S/C11H21ClOSi/c1-10(2)9-14-8-6-4-3-5-7-11(12)13/h9H,3-8,14H2,1-2H3. The number of unbranched alkanes of at least 4 members (excludes halogenated alkanes) is 3. The Bertz CT molecular complexity index is 186. The summed E-state index contributed by atoms with van der Waals surface area (Å²) >= 11 is 5.24. The van der Waals surface area contributed by atoms with Gasteiger partial charge < -0.3 is 0 Å². The normalized spacial score (nSPS) is 10.8. The number of carbonyl (C=O) groups is 1. The van der Waals surface area contributed by atoms with Crippen LogP contribution in [0.2, 0.25) is 6.04 Å². The van der Waals surface area contributed by atoms with Crippen LogP contribution in [-0.2, 0) is 4.79 Å². The molecule has 0 fully saturated rings. The van der Waals surface area contributed by atoms with Gasteiger partial charge in [0.2, 0.25) is 5.24 Å². The molecule has 0 amide bonds. The number of halogens is 1. The topological polar surface area (TPSA) is 17.1 Å². The third-order valence-corrected chi connectivity index (χ3v) is 4.33. The Labute approximate surface area is 94.7 Å². The van der Waals surface area contributed by atoms with Gasteiger partial charge in [0.25, 0.3) is 0 Å². The quantitative estimate of drug-likeness (QED) is 0.357. The molecule has 14 heavy (non-hydrogen) atoms. The van der Waals surface area contributed by atoms with Crippen LogP contribution in [0.1, 0.15) is 46.0 Å². The number of hydrogen-bond acceptors (Lipinski definition) is 1. The molecule has 0 saturated carbocycles. The monoisotopic (exact) mass is 232 g/mol. The van der Waals surface area contributed by atoms with Crippen LogP contribution in [0.15, 0.2) is 11.3 Å². The minimum atomic E-state index is -0.191. The minimum absolute atomic E-state index is 0.0589. The first kappa shape index (κ1) is 13.9. The van der Waals surface area contributed by atoms with Crippen LogP contribution in [0.25, 0.3) is 0 Å². The molecule has 0 aliphatic heterocycles. The second-order valence-corrected chi connectivity index (χ2v) is 6.06. The zero-order valence-electron chi connectivity index (χ0n) is 9.31. The van der Waals surface area contributed by atoms with Crippen molar-refractivity contribution in [3.63, 3.8) is 0 Å². The summed E-state index contributed by atoms with van der Waals surface area (Å²) in [4.78, 5) is 10.4. The van der Waals surface area contributed by atoms with E-state index in [-0.39, 0.29) is 14.8 Å². The molecule has 1 nitrogen and oxygen atoms in total. The summed E-state index contributed by atoms with van der Waals surface area (Å²) in [6.45, 7) is 4.33. The average Bonchev–Trinajstić information content (AvgIpc) is 2.08. The lowest BCUT2D eigenvalue weighted by Gasteiger charge is -1.98. The van der Waals surface area contributed by atoms with Gasteiger partial charge in [0.1, 0.15) is 0 Å². The van der Waals surface area contributed by atoms with Crippen LogP contribution in [0.4, 0.5) is 0 Å². The minimum Gasteiger partial charge on any atom is -0.281 e. The van der Waals surface area contributed by atoms with E-state index < -0.39 is 0 Å². The fraction of sp³-hybridized carbons (Fsp3) is 0.727. The zero-order chi connectivity index (χ0) is 10.8. The van der Waals surface area contributed by atoms with E-state index in [1.807, 2.05) is 0 Å². The second kappa shape index (κ2) is 9.47. The van der Waals surface area contributed by atoms with Gasteiger partial charge >= 0.3 is 0 Å². The summed E-state index contributed by atoms with van der Waals surface area (Å²) in [5.41, 5.74) is 3.88. The highest BCUT2D eigenvalue weighted by molar-refractivity contribution is 6.63. The second-order valence-electron chi connectivity index (χ2n) is 3.94. The van der Waals surface area contributed by atoms with Crippen molar-refractivity contribution >= 4 is 26.4 Å². The van der Waals surface area contributed by atoms with Crippen molar-refractivity contribution in [1.29, 1.82) is 0 Å². The first-order valence-electron chi connectivity index (χ1n) is 5.44. The summed E-state index contributed by atoms with van der Waals surface area (Å²) in [6, 6.07) is 1.40. The van der Waals surface area contributed by atoms with Gasteiger partial charge in [-0.25, -0.2) is 0 Å². The van der Waals surface area contributed by atoms with E-state index in [9.17, 15) is 4.79 Å². The highest BCUT2D eigenvalue weighted by atomic mass is 35.5. The fourth-order valence-electron chi connectivity index (χ4n) is 1.33. The molecule has 0 aliphatic rings. The van der Waals surface area contributed by atoms with Crippen LogP contribution in [0.5, 0.6) is 0 Å². The molecule has 0 atom stereocenters. The van der Waals surface area contributed by atoms with Crippen molar-refractivity contribution in [2.75, 3.05) is 0 Å². The molecule has 0 aliphatic carbocycles. The van der Waals surface area contributed by atoms with Gasteiger partial charge in [-0.05, 0) is 31.9 Å². The van der Waals surface area contributed by atoms with E-state index in [4.69, 9.17) is 11.6 Å². The molecule has 3 heteroatoms. The highest BCUT2D eigenvalue weighted by Gasteiger charge is 1.95. The van der Waals surface area contributed by atoms with E-state index in [1.165, 1.54) is 24.5 Å². The van der Waals surface area contributed by atoms with Gasteiger partial charge in [-0.15, -0.1) is 5.70 Å². The molecule has 0 heterocycles. The number of allylic oxidation sites excluding steroid dienone is 1. The third kappa shape index (κ3) is 11.9. The Balaban J connectivity index is 3.07. The lowest BCUT2D eigenvalue weighted by molar-refractivity contribution is -0.111. The molecule has 0 aromatic carbocycles. The Kier molecular flexibility index (Phi) is 9.41. The lowest BCUT2D eigenvalue weighted by atomic mass is 10.2. The molecule has 0 aromatic rings. The van der Waals surface area contributed by atoms with Gasteiger partial charge in [-0.3, -0.25) is 4.79 Å². The largest absolute Gasteiger partial charge is 0.281 e. The van der Waals surface area contributed by atoms with E-state index in [0.717, 1.165) is 12.8 Å². The van der Waals surface area contributed by atoms with Gasteiger partial charge in [0, 0.05) is 15.9 Å². The summed E-state index contributed by atoms with van der Waals surface area (Å²) < 4.78 is 0. The lowest BCUT2D eigenvalue weighted by Crippen LogP contribution is -1.88. The van der Waals surface area contributed by atoms with Gasteiger partial charge in [0.05, 0.1) is 0 Å². The predicted molar refractivity (Wildman–Crippen MR) is 66.7 cm³/mol. The summed E-state index contributed by atoms with van der Waals surface area (Å²) in [5.74, 6) is 0. The molecule has 0 unspecified atom stereocenters. The van der Waals surface area contributed by atoms with Crippen LogP contribution < -0.4 is 0 Å². The maximum atomic E-state index is 10.4. The van der Waals surface area contributed by atoms with Crippen molar-refractivity contribution in [2.45, 2.75) is 52.0 Å². The van der Waals surface area contributed by atoms with E-state index in [2.05, 4.69) is 19.5 Å². The van der Waals surface area contributed by atoms with Crippen molar-refractivity contribution < 1.29 is 4.79 Å². The first-order valence-corrected chi connectivity index (χ1v) is 7.64. The van der Waals surface area contributed by atoms with Gasteiger partial charge in [-0.1, -0.05) is 30.9 Å². The summed E-state index contributed by atoms with van der Waals surface area (Å²) in [7, 11) is 0.0589. The molecule has 82 valence electrons. The Hall–Kier alpha value is -0.0831. The van der Waals surface area contributed by atoms with Gasteiger partial charge in [0.15, 0.2) is 0 Å². The van der Waals surface area contributed by atoms with E-state index in [1.54, 1.807) is 0 Å². The van der Waals surface area contributed by atoms with Crippen LogP contribution in [-0.4, -0.2) is 14.8 Å². The molecule has 0 bridgehead atoms. The predicted octanol–water partition coefficient (Wildman–Crippen LogP) is 3.21. The highest BCUT2D eigenvalue weighted by Crippen LogP contribution is 2.07. The van der Waals surface area contributed by atoms with Crippen LogP contribution in [0.3, 0.4) is 0 Å². The Morgan fingerprint density at radius 2 is 1.86 bits per heavy atom. The SMILES string of the molecule is CC(C)=C[SiH2]CCCCCCC(=O)Cl. The van der Waals surface area contributed by atoms with Crippen molar-refractivity contribution in [2.24, 2.45) is 0 Å². The maximum Gasteiger partial charge on any atom is 0.221 e. The van der Waals surface area contributed by atoms with Crippen molar-refractivity contribution in [3.05, 3.63) is 11.3 Å². The maximum absolute atomic E-state index is 10.4. The molecule has 0 N–H and O–H groups in total.